The summed E-state index contributed by atoms with van der Waals surface area (Å²) in [6.07, 6.45) is 13.5. The van der Waals surface area contributed by atoms with Gasteiger partial charge in [0.05, 0.1) is 19.3 Å². The van der Waals surface area contributed by atoms with Crippen LogP contribution in [-0.2, 0) is 19.0 Å². The summed E-state index contributed by atoms with van der Waals surface area (Å²) < 4.78 is 44.6. The molecule has 8 aliphatic rings. The van der Waals surface area contributed by atoms with Gasteiger partial charge < -0.3 is 14.2 Å². The van der Waals surface area contributed by atoms with Crippen molar-refractivity contribution >= 4 is 5.97 Å². The maximum atomic E-state index is 13.3. The Morgan fingerprint density at radius 2 is 1.33 bits per heavy atom. The van der Waals surface area contributed by atoms with Crippen LogP contribution in [0.1, 0.15) is 84.5 Å². The molecule has 3 unspecified atom stereocenters. The number of halogens is 2. The van der Waals surface area contributed by atoms with Gasteiger partial charge in [0.15, 0.2) is 6.29 Å². The Kier molecular flexibility index (Phi) is 5.42. The Bertz CT molecular complexity index is 725. The summed E-state index contributed by atoms with van der Waals surface area (Å²) in [6.45, 7) is 3.65. The third-order valence-corrected chi connectivity index (χ3v) is 10.3. The summed E-state index contributed by atoms with van der Waals surface area (Å²) in [4.78, 5) is 11.7. The molecule has 8 bridgehead atoms. The van der Waals surface area contributed by atoms with E-state index in [1.54, 1.807) is 0 Å². The molecule has 0 aromatic carbocycles. The predicted octanol–water partition coefficient (Wildman–Crippen LogP) is 5.98. The Hall–Kier alpha value is -0.750. The second-order valence-electron chi connectivity index (χ2n) is 13.3. The number of hydrogen-bond donors (Lipinski definition) is 0. The van der Waals surface area contributed by atoms with Crippen molar-refractivity contribution in [3.8, 4) is 0 Å². The van der Waals surface area contributed by atoms with Gasteiger partial charge in [0.25, 0.3) is 0 Å². The number of hydrogen-bond acceptors (Lipinski definition) is 4. The van der Waals surface area contributed by atoms with Crippen molar-refractivity contribution in [1.29, 1.82) is 0 Å². The Balaban J connectivity index is 1.04. The summed E-state index contributed by atoms with van der Waals surface area (Å²) in [5, 5.41) is 0. The van der Waals surface area contributed by atoms with Crippen molar-refractivity contribution in [3.63, 3.8) is 0 Å². The van der Waals surface area contributed by atoms with Crippen LogP contribution in [0.2, 0.25) is 0 Å². The highest BCUT2D eigenvalue weighted by Crippen LogP contribution is 2.62. The van der Waals surface area contributed by atoms with Gasteiger partial charge >= 0.3 is 11.9 Å². The zero-order valence-corrected chi connectivity index (χ0v) is 20.2. The van der Waals surface area contributed by atoms with E-state index in [1.165, 1.54) is 38.5 Å². The van der Waals surface area contributed by atoms with Crippen molar-refractivity contribution in [1.82, 2.24) is 0 Å². The molecule has 8 aliphatic carbocycles. The van der Waals surface area contributed by atoms with E-state index in [1.807, 2.05) is 0 Å². The lowest BCUT2D eigenvalue weighted by Crippen LogP contribution is -2.56. The molecule has 8 saturated carbocycles. The quantitative estimate of drug-likeness (QED) is 0.326. The number of alkyl halides is 2. The minimum atomic E-state index is -3.42. The largest absolute Gasteiger partial charge is 0.461 e. The van der Waals surface area contributed by atoms with Crippen LogP contribution in [0.15, 0.2) is 0 Å². The van der Waals surface area contributed by atoms with E-state index >= 15 is 0 Å². The molecule has 0 aromatic heterocycles. The van der Waals surface area contributed by atoms with E-state index in [9.17, 15) is 13.6 Å². The van der Waals surface area contributed by atoms with E-state index in [0.717, 1.165) is 56.5 Å². The van der Waals surface area contributed by atoms with E-state index in [0.29, 0.717) is 30.1 Å². The number of esters is 1. The minimum Gasteiger partial charge on any atom is -0.461 e. The van der Waals surface area contributed by atoms with Crippen LogP contribution < -0.4 is 0 Å². The van der Waals surface area contributed by atoms with Gasteiger partial charge in [-0.1, -0.05) is 0 Å². The molecule has 33 heavy (non-hydrogen) atoms. The summed E-state index contributed by atoms with van der Waals surface area (Å²) in [6, 6.07) is 0. The Morgan fingerprint density at radius 3 is 1.85 bits per heavy atom. The molecule has 8 rings (SSSR count). The highest BCUT2D eigenvalue weighted by Gasteiger charge is 2.57. The molecule has 0 spiro atoms. The number of carbonyl (C=O) groups is 1. The molecule has 0 amide bonds. The first kappa shape index (κ1) is 22.7. The topological polar surface area (TPSA) is 44.8 Å². The highest BCUT2D eigenvalue weighted by molar-refractivity contribution is 5.76. The van der Waals surface area contributed by atoms with Gasteiger partial charge in [-0.15, -0.1) is 0 Å². The molecule has 3 atom stereocenters. The van der Waals surface area contributed by atoms with Crippen molar-refractivity contribution in [2.45, 2.75) is 103 Å². The second kappa shape index (κ2) is 7.88. The maximum Gasteiger partial charge on any atom is 0.376 e. The van der Waals surface area contributed by atoms with Crippen LogP contribution in [0, 0.1) is 46.3 Å². The van der Waals surface area contributed by atoms with Gasteiger partial charge in [-0.05, 0) is 118 Å². The average molecular weight is 467 g/mol. The van der Waals surface area contributed by atoms with Gasteiger partial charge in [0, 0.05) is 12.3 Å². The van der Waals surface area contributed by atoms with E-state index in [4.69, 9.17) is 14.2 Å². The molecule has 186 valence electrons. The maximum absolute atomic E-state index is 13.3. The second-order valence-corrected chi connectivity index (χ2v) is 13.3. The normalized spacial score (nSPS) is 48.3. The molecular weight excluding hydrogens is 426 g/mol. The lowest BCUT2D eigenvalue weighted by atomic mass is 9.49. The summed E-state index contributed by atoms with van der Waals surface area (Å²) >= 11 is 0. The first-order valence-electron chi connectivity index (χ1n) is 13.4. The molecule has 0 saturated heterocycles. The summed E-state index contributed by atoms with van der Waals surface area (Å²) in [5.41, 5.74) is 0.256. The average Bonchev–Trinajstić information content (AvgIpc) is 2.71. The van der Waals surface area contributed by atoms with Crippen LogP contribution in [0.4, 0.5) is 8.78 Å². The lowest BCUT2D eigenvalue weighted by Gasteiger charge is -2.59. The fourth-order valence-corrected chi connectivity index (χ4v) is 9.91. The van der Waals surface area contributed by atoms with Gasteiger partial charge in [0.2, 0.25) is 0 Å². The SMILES string of the molecule is CC(OCC12CC3CC(CC(C3)C1)C2)OC1C2CC3CC1CC(COC(=O)C(C)(F)F)(C3)C2. The predicted molar refractivity (Wildman–Crippen MR) is 118 cm³/mol. The van der Waals surface area contributed by atoms with E-state index < -0.39 is 11.9 Å². The number of carbonyl (C=O) groups excluding carboxylic acids is 1. The lowest BCUT2D eigenvalue weighted by molar-refractivity contribution is -0.249. The number of ether oxygens (including phenoxy) is 3. The van der Waals surface area contributed by atoms with Crippen LogP contribution in [0.25, 0.3) is 0 Å². The Labute approximate surface area is 196 Å². The standard InChI is InChI=1S/C27H40F2O4/c1-16(31-14-26-8-17-3-18(9-26)5-19(4-17)10-26)33-23-21-6-20-7-22(23)13-27(11-20,12-21)15-32-24(30)25(2,28)29/h16-23H,3-15H2,1-2H3. The minimum absolute atomic E-state index is 0.129. The molecule has 8 fully saturated rings. The Morgan fingerprint density at radius 1 is 0.848 bits per heavy atom. The van der Waals surface area contributed by atoms with Crippen LogP contribution >= 0.6 is 0 Å². The monoisotopic (exact) mass is 466 g/mol. The summed E-state index contributed by atoms with van der Waals surface area (Å²) in [5.74, 6) is -0.581. The van der Waals surface area contributed by atoms with Crippen LogP contribution in [0.5, 0.6) is 0 Å². The van der Waals surface area contributed by atoms with E-state index in [2.05, 4.69) is 6.92 Å². The molecule has 4 nitrogen and oxygen atoms in total. The van der Waals surface area contributed by atoms with Gasteiger partial charge in [-0.2, -0.15) is 8.78 Å². The van der Waals surface area contributed by atoms with Crippen molar-refractivity contribution in [2.75, 3.05) is 13.2 Å². The number of rotatable bonds is 8. The highest BCUT2D eigenvalue weighted by atomic mass is 19.3. The molecule has 0 heterocycles. The summed E-state index contributed by atoms with van der Waals surface area (Å²) in [7, 11) is 0. The van der Waals surface area contributed by atoms with Crippen molar-refractivity contribution < 1.29 is 27.8 Å². The smallest absolute Gasteiger partial charge is 0.376 e. The zero-order chi connectivity index (χ0) is 23.0. The van der Waals surface area contributed by atoms with Gasteiger partial charge in [0.1, 0.15) is 0 Å². The molecule has 6 heteroatoms. The van der Waals surface area contributed by atoms with Gasteiger partial charge in [-0.25, -0.2) is 4.79 Å². The molecule has 0 aromatic rings. The van der Waals surface area contributed by atoms with E-state index in [-0.39, 0.29) is 24.4 Å². The molecular formula is C27H40F2O4. The van der Waals surface area contributed by atoms with Gasteiger partial charge in [-0.3, -0.25) is 0 Å². The third-order valence-electron chi connectivity index (χ3n) is 10.3. The first-order chi connectivity index (χ1) is 15.6. The molecule has 0 radical (unpaired) electrons. The molecule has 0 N–H and O–H groups in total. The van der Waals surface area contributed by atoms with Crippen LogP contribution in [0.3, 0.4) is 0 Å². The van der Waals surface area contributed by atoms with Crippen molar-refractivity contribution in [3.05, 3.63) is 0 Å². The molecule has 0 aliphatic heterocycles. The first-order valence-corrected chi connectivity index (χ1v) is 13.4. The van der Waals surface area contributed by atoms with Crippen molar-refractivity contribution in [2.24, 2.45) is 46.3 Å². The fraction of sp³-hybridized carbons (Fsp3) is 0.963. The zero-order valence-electron chi connectivity index (χ0n) is 20.2. The van der Waals surface area contributed by atoms with Crippen LogP contribution in [-0.4, -0.2) is 37.5 Å². The third kappa shape index (κ3) is 4.26. The fourth-order valence-electron chi connectivity index (χ4n) is 9.91.